The first kappa shape index (κ1) is 9.97. The molecule has 0 radical (unpaired) electrons. The van der Waals surface area contributed by atoms with Crippen molar-refractivity contribution < 1.29 is 0 Å². The molecule has 2 rings (SSSR count). The van der Waals surface area contributed by atoms with Crippen LogP contribution in [0.5, 0.6) is 0 Å². The molecule has 0 aliphatic carbocycles. The Labute approximate surface area is 90.6 Å². The first-order valence-corrected chi connectivity index (χ1v) is 5.16. The van der Waals surface area contributed by atoms with Crippen LogP contribution in [0, 0.1) is 20.8 Å². The van der Waals surface area contributed by atoms with Gasteiger partial charge in [0.2, 0.25) is 0 Å². The third-order valence-corrected chi connectivity index (χ3v) is 2.83. The van der Waals surface area contributed by atoms with Crippen LogP contribution >= 0.6 is 0 Å². The van der Waals surface area contributed by atoms with E-state index in [1.54, 1.807) is 0 Å². The second kappa shape index (κ2) is 3.54. The van der Waals surface area contributed by atoms with Crippen molar-refractivity contribution in [1.29, 1.82) is 0 Å². The fourth-order valence-electron chi connectivity index (χ4n) is 1.79. The third kappa shape index (κ3) is 1.80. The Morgan fingerprint density at radius 2 is 1.80 bits per heavy atom. The van der Waals surface area contributed by atoms with Crippen LogP contribution in [0.15, 0.2) is 24.4 Å². The molecular weight excluding hydrogens is 184 g/mol. The molecule has 2 nitrogen and oxygen atoms in total. The molecule has 1 heterocycles. The van der Waals surface area contributed by atoms with Crippen LogP contribution in [0.1, 0.15) is 16.8 Å². The van der Waals surface area contributed by atoms with Crippen LogP contribution in [0.4, 0.5) is 0 Å². The van der Waals surface area contributed by atoms with E-state index in [9.17, 15) is 0 Å². The molecule has 0 N–H and O–H groups in total. The molecule has 1 aromatic heterocycles. The number of hydrogen-bond acceptors (Lipinski definition) is 1. The lowest BCUT2D eigenvalue weighted by molar-refractivity contribution is 0.756. The van der Waals surface area contributed by atoms with Gasteiger partial charge in [-0.2, -0.15) is 5.10 Å². The van der Waals surface area contributed by atoms with E-state index in [-0.39, 0.29) is 0 Å². The Balaban J connectivity index is 2.54. The Hall–Kier alpha value is -1.57. The Bertz CT molecular complexity index is 495. The molecule has 2 heteroatoms. The highest BCUT2D eigenvalue weighted by molar-refractivity contribution is 5.66. The normalized spacial score (nSPS) is 10.7. The topological polar surface area (TPSA) is 17.8 Å². The number of hydrogen-bond donors (Lipinski definition) is 0. The largest absolute Gasteiger partial charge is 0.275 e. The Kier molecular flexibility index (Phi) is 2.35. The molecule has 0 aliphatic heterocycles. The number of nitrogens with zero attached hydrogens (tertiary/aromatic N) is 2. The van der Waals surface area contributed by atoms with Crippen molar-refractivity contribution >= 4 is 0 Å². The summed E-state index contributed by atoms with van der Waals surface area (Å²) in [7, 11) is 1.96. The van der Waals surface area contributed by atoms with Crippen molar-refractivity contribution in [3.63, 3.8) is 0 Å². The summed E-state index contributed by atoms with van der Waals surface area (Å²) in [6.45, 7) is 6.32. The quantitative estimate of drug-likeness (QED) is 0.692. The van der Waals surface area contributed by atoms with Crippen LogP contribution in [0.25, 0.3) is 11.1 Å². The van der Waals surface area contributed by atoms with Crippen molar-refractivity contribution in [2.75, 3.05) is 0 Å². The molecule has 0 atom stereocenters. The second-order valence-electron chi connectivity index (χ2n) is 4.10. The maximum atomic E-state index is 4.36. The minimum atomic E-state index is 1.08. The molecule has 1 aromatic carbocycles. The molecule has 0 fully saturated rings. The van der Waals surface area contributed by atoms with Crippen LogP contribution in [0.3, 0.4) is 0 Å². The molecule has 15 heavy (non-hydrogen) atoms. The second-order valence-corrected chi connectivity index (χ2v) is 4.10. The van der Waals surface area contributed by atoms with Gasteiger partial charge in [-0.3, -0.25) is 4.68 Å². The zero-order valence-electron chi connectivity index (χ0n) is 9.70. The van der Waals surface area contributed by atoms with Crippen molar-refractivity contribution in [2.45, 2.75) is 20.8 Å². The summed E-state index contributed by atoms with van der Waals surface area (Å²) in [5.74, 6) is 0. The summed E-state index contributed by atoms with van der Waals surface area (Å²) in [6, 6.07) is 6.54. The van der Waals surface area contributed by atoms with Crippen molar-refractivity contribution in [1.82, 2.24) is 9.78 Å². The fraction of sp³-hybridized carbons (Fsp3) is 0.308. The standard InChI is InChI=1S/C13H16N2/c1-9-5-6-12(7-10(9)2)13-8-15(4)14-11(13)3/h5-8H,1-4H3. The van der Waals surface area contributed by atoms with E-state index in [1.165, 1.54) is 22.3 Å². The van der Waals surface area contributed by atoms with E-state index < -0.39 is 0 Å². The number of aromatic nitrogens is 2. The predicted octanol–water partition coefficient (Wildman–Crippen LogP) is 3.01. The van der Waals surface area contributed by atoms with Crippen molar-refractivity contribution in [3.05, 3.63) is 41.2 Å². The summed E-state index contributed by atoms with van der Waals surface area (Å²) < 4.78 is 1.86. The first-order chi connectivity index (χ1) is 7.08. The van der Waals surface area contributed by atoms with Gasteiger partial charge in [0.05, 0.1) is 5.69 Å². The van der Waals surface area contributed by atoms with E-state index in [0.717, 1.165) is 5.69 Å². The van der Waals surface area contributed by atoms with Gasteiger partial charge in [-0.15, -0.1) is 0 Å². The van der Waals surface area contributed by atoms with Gasteiger partial charge in [-0.1, -0.05) is 18.2 Å². The van der Waals surface area contributed by atoms with Crippen LogP contribution in [-0.2, 0) is 7.05 Å². The van der Waals surface area contributed by atoms with Gasteiger partial charge in [-0.05, 0) is 37.5 Å². The van der Waals surface area contributed by atoms with E-state index in [2.05, 4.69) is 43.3 Å². The zero-order chi connectivity index (χ0) is 11.0. The SMILES string of the molecule is Cc1ccc(-c2cn(C)nc2C)cc1C. The van der Waals surface area contributed by atoms with Gasteiger partial charge >= 0.3 is 0 Å². The predicted molar refractivity (Wildman–Crippen MR) is 62.9 cm³/mol. The van der Waals surface area contributed by atoms with Crippen LogP contribution < -0.4 is 0 Å². The molecule has 0 saturated heterocycles. The average Bonchev–Trinajstić information content (AvgIpc) is 2.50. The number of aryl methyl sites for hydroxylation is 4. The average molecular weight is 200 g/mol. The molecule has 78 valence electrons. The Morgan fingerprint density at radius 3 is 2.33 bits per heavy atom. The maximum Gasteiger partial charge on any atom is 0.0671 e. The Morgan fingerprint density at radius 1 is 1.07 bits per heavy atom. The highest BCUT2D eigenvalue weighted by Gasteiger charge is 2.06. The number of rotatable bonds is 1. The number of benzene rings is 1. The molecule has 0 saturated carbocycles. The highest BCUT2D eigenvalue weighted by Crippen LogP contribution is 2.24. The minimum absolute atomic E-state index is 1.08. The maximum absolute atomic E-state index is 4.36. The molecule has 0 aliphatic rings. The molecule has 2 aromatic rings. The van der Waals surface area contributed by atoms with Crippen molar-refractivity contribution in [3.8, 4) is 11.1 Å². The van der Waals surface area contributed by atoms with E-state index in [1.807, 2.05) is 18.7 Å². The van der Waals surface area contributed by atoms with Gasteiger partial charge in [0, 0.05) is 18.8 Å². The molecule has 0 unspecified atom stereocenters. The lowest BCUT2D eigenvalue weighted by Gasteiger charge is -2.03. The van der Waals surface area contributed by atoms with Gasteiger partial charge in [0.15, 0.2) is 0 Å². The smallest absolute Gasteiger partial charge is 0.0671 e. The van der Waals surface area contributed by atoms with Gasteiger partial charge < -0.3 is 0 Å². The van der Waals surface area contributed by atoms with Gasteiger partial charge in [0.1, 0.15) is 0 Å². The molecular formula is C13H16N2. The summed E-state index contributed by atoms with van der Waals surface area (Å²) >= 11 is 0. The zero-order valence-corrected chi connectivity index (χ0v) is 9.70. The van der Waals surface area contributed by atoms with Crippen molar-refractivity contribution in [2.24, 2.45) is 7.05 Å². The third-order valence-electron chi connectivity index (χ3n) is 2.83. The lowest BCUT2D eigenvalue weighted by Crippen LogP contribution is -1.86. The van der Waals surface area contributed by atoms with E-state index in [0.29, 0.717) is 0 Å². The van der Waals surface area contributed by atoms with E-state index in [4.69, 9.17) is 0 Å². The van der Waals surface area contributed by atoms with Gasteiger partial charge in [0.25, 0.3) is 0 Å². The monoisotopic (exact) mass is 200 g/mol. The first-order valence-electron chi connectivity index (χ1n) is 5.16. The van der Waals surface area contributed by atoms with Gasteiger partial charge in [-0.25, -0.2) is 0 Å². The summed E-state index contributed by atoms with van der Waals surface area (Å²) in [6.07, 6.45) is 2.07. The lowest BCUT2D eigenvalue weighted by atomic mass is 10.0. The minimum Gasteiger partial charge on any atom is -0.275 e. The molecule has 0 bridgehead atoms. The highest BCUT2D eigenvalue weighted by atomic mass is 15.2. The van der Waals surface area contributed by atoms with Crippen LogP contribution in [0.2, 0.25) is 0 Å². The fourth-order valence-corrected chi connectivity index (χ4v) is 1.79. The summed E-state index contributed by atoms with van der Waals surface area (Å²) in [4.78, 5) is 0. The van der Waals surface area contributed by atoms with Crippen LogP contribution in [-0.4, -0.2) is 9.78 Å². The molecule has 0 spiro atoms. The molecule has 0 amide bonds. The van der Waals surface area contributed by atoms with E-state index >= 15 is 0 Å². The summed E-state index contributed by atoms with van der Waals surface area (Å²) in [5, 5.41) is 4.36. The summed E-state index contributed by atoms with van der Waals surface area (Å²) in [5.41, 5.74) is 6.22.